The maximum atomic E-state index is 3.91. The predicted molar refractivity (Wildman–Crippen MR) is 77.3 cm³/mol. The molecule has 0 saturated carbocycles. The highest BCUT2D eigenvalue weighted by molar-refractivity contribution is 4.77. The van der Waals surface area contributed by atoms with Crippen LogP contribution >= 0.6 is 0 Å². The van der Waals surface area contributed by atoms with Gasteiger partial charge in [-0.15, -0.1) is 0 Å². The van der Waals surface area contributed by atoms with E-state index in [1.165, 1.54) is 63.6 Å². The lowest BCUT2D eigenvalue weighted by Gasteiger charge is -2.01. The standard InChI is InChI=1S/C16H29N2/c1-3-5-6-7-8-9-10-11-12-16-17-13-15-18(16)14-4-2/h13,15H,2-12,14H2,1H3/p+1. The molecule has 0 fully saturated rings. The van der Waals surface area contributed by atoms with Crippen LogP contribution in [0.15, 0.2) is 12.4 Å². The number of hydrogen-bond acceptors (Lipinski definition) is 0. The molecule has 0 amide bonds. The van der Waals surface area contributed by atoms with Crippen LogP contribution in [0.2, 0.25) is 0 Å². The van der Waals surface area contributed by atoms with Gasteiger partial charge in [0.25, 0.3) is 5.82 Å². The summed E-state index contributed by atoms with van der Waals surface area (Å²) in [5.41, 5.74) is 0. The van der Waals surface area contributed by atoms with E-state index in [-0.39, 0.29) is 0 Å². The largest absolute Gasteiger partial charge is 0.254 e. The number of rotatable bonds is 11. The van der Waals surface area contributed by atoms with E-state index in [1.54, 1.807) is 0 Å². The summed E-state index contributed by atoms with van der Waals surface area (Å²) >= 11 is 0. The van der Waals surface area contributed by atoms with E-state index in [9.17, 15) is 0 Å². The highest BCUT2D eigenvalue weighted by atomic mass is 15.1. The Hall–Kier alpha value is -0.790. The van der Waals surface area contributed by atoms with E-state index in [0.717, 1.165) is 13.0 Å². The predicted octanol–water partition coefficient (Wildman–Crippen LogP) is 4.21. The second-order valence-corrected chi connectivity index (χ2v) is 5.18. The Morgan fingerprint density at radius 3 is 2.39 bits per heavy atom. The van der Waals surface area contributed by atoms with Gasteiger partial charge in [-0.25, -0.2) is 9.55 Å². The molecular weight excluding hydrogens is 220 g/mol. The van der Waals surface area contributed by atoms with Crippen molar-refractivity contribution in [3.05, 3.63) is 25.1 Å². The van der Waals surface area contributed by atoms with Crippen molar-refractivity contribution in [1.82, 2.24) is 4.98 Å². The van der Waals surface area contributed by atoms with Crippen LogP contribution in [0.1, 0.15) is 70.5 Å². The summed E-state index contributed by atoms with van der Waals surface area (Å²) in [5, 5.41) is 0. The van der Waals surface area contributed by atoms with Crippen LogP contribution in [0.5, 0.6) is 0 Å². The fourth-order valence-electron chi connectivity index (χ4n) is 2.42. The van der Waals surface area contributed by atoms with Crippen LogP contribution < -0.4 is 4.57 Å². The molecular formula is C16H30N2+. The highest BCUT2D eigenvalue weighted by Crippen LogP contribution is 2.09. The van der Waals surface area contributed by atoms with Crippen molar-refractivity contribution in [2.45, 2.75) is 77.7 Å². The third-order valence-corrected chi connectivity index (χ3v) is 3.52. The van der Waals surface area contributed by atoms with Gasteiger partial charge >= 0.3 is 0 Å². The smallest absolute Gasteiger partial charge is 0.248 e. The Morgan fingerprint density at radius 1 is 1.06 bits per heavy atom. The molecule has 2 nitrogen and oxygen atoms in total. The van der Waals surface area contributed by atoms with Crippen LogP contribution in [0.3, 0.4) is 0 Å². The number of H-pyrrole nitrogens is 1. The summed E-state index contributed by atoms with van der Waals surface area (Å²) in [6.45, 7) is 7.22. The topological polar surface area (TPSA) is 19.7 Å². The SMILES string of the molecule is [CH2]CC[n+]1cc[nH]c1CCCCCCCCCC. The first kappa shape index (κ1) is 15.3. The first-order chi connectivity index (χ1) is 8.88. The van der Waals surface area contributed by atoms with Gasteiger partial charge in [0.05, 0.1) is 6.54 Å². The van der Waals surface area contributed by atoms with Gasteiger partial charge in [-0.05, 0) is 19.8 Å². The van der Waals surface area contributed by atoms with Crippen LogP contribution in [-0.2, 0) is 13.0 Å². The average molecular weight is 250 g/mol. The van der Waals surface area contributed by atoms with Crippen LogP contribution in [0.25, 0.3) is 0 Å². The fraction of sp³-hybridized carbons (Fsp3) is 0.750. The maximum Gasteiger partial charge on any atom is 0.254 e. The minimum atomic E-state index is 0.965. The molecule has 1 radical (unpaired) electrons. The summed E-state index contributed by atoms with van der Waals surface area (Å²) < 4.78 is 2.30. The molecule has 0 aliphatic heterocycles. The summed E-state index contributed by atoms with van der Waals surface area (Å²) in [7, 11) is 0. The second-order valence-electron chi connectivity index (χ2n) is 5.18. The number of imidazole rings is 1. The van der Waals surface area contributed by atoms with E-state index in [2.05, 4.69) is 29.6 Å². The zero-order chi connectivity index (χ0) is 13.1. The number of nitrogens with one attached hydrogen (secondary N) is 1. The van der Waals surface area contributed by atoms with Crippen LogP contribution in [0, 0.1) is 6.92 Å². The Morgan fingerprint density at radius 2 is 1.72 bits per heavy atom. The minimum absolute atomic E-state index is 0.965. The monoisotopic (exact) mass is 250 g/mol. The van der Waals surface area contributed by atoms with Crippen molar-refractivity contribution >= 4 is 0 Å². The molecule has 1 N–H and O–H groups in total. The minimum Gasteiger partial charge on any atom is -0.248 e. The Labute approximate surface area is 113 Å². The van der Waals surface area contributed by atoms with E-state index in [1.807, 2.05) is 6.20 Å². The molecule has 1 rings (SSSR count). The third-order valence-electron chi connectivity index (χ3n) is 3.52. The maximum absolute atomic E-state index is 3.91. The molecule has 0 spiro atoms. The third kappa shape index (κ3) is 6.23. The van der Waals surface area contributed by atoms with E-state index >= 15 is 0 Å². The number of nitrogens with zero attached hydrogens (tertiary/aromatic N) is 1. The van der Waals surface area contributed by atoms with Crippen LogP contribution in [-0.4, -0.2) is 4.98 Å². The van der Waals surface area contributed by atoms with E-state index < -0.39 is 0 Å². The van der Waals surface area contributed by atoms with Crippen LogP contribution in [0.4, 0.5) is 0 Å². The normalized spacial score (nSPS) is 11.0. The molecule has 2 heteroatoms. The van der Waals surface area contributed by atoms with Crippen molar-refractivity contribution in [2.24, 2.45) is 0 Å². The summed E-state index contributed by atoms with van der Waals surface area (Å²) in [6.07, 6.45) is 17.4. The van der Waals surface area contributed by atoms with Gasteiger partial charge in [0.15, 0.2) is 0 Å². The number of aryl methyl sites for hydroxylation is 2. The molecule has 1 aromatic rings. The summed E-state index contributed by atoms with van der Waals surface area (Å²) in [6, 6.07) is 0. The first-order valence-electron chi connectivity index (χ1n) is 7.73. The van der Waals surface area contributed by atoms with Gasteiger partial charge in [-0.3, -0.25) is 0 Å². The summed E-state index contributed by atoms with van der Waals surface area (Å²) in [4.78, 5) is 3.34. The average Bonchev–Trinajstić information content (AvgIpc) is 2.81. The van der Waals surface area contributed by atoms with Crippen molar-refractivity contribution < 1.29 is 4.57 Å². The second kappa shape index (κ2) is 10.2. The Kier molecular flexibility index (Phi) is 8.62. The quantitative estimate of drug-likeness (QED) is 0.448. The lowest BCUT2D eigenvalue weighted by molar-refractivity contribution is -0.702. The fourth-order valence-corrected chi connectivity index (χ4v) is 2.42. The van der Waals surface area contributed by atoms with Gasteiger partial charge in [0, 0.05) is 6.42 Å². The lowest BCUT2D eigenvalue weighted by Crippen LogP contribution is -2.35. The first-order valence-corrected chi connectivity index (χ1v) is 7.73. The van der Waals surface area contributed by atoms with E-state index in [0.29, 0.717) is 0 Å². The lowest BCUT2D eigenvalue weighted by atomic mass is 10.1. The molecule has 18 heavy (non-hydrogen) atoms. The zero-order valence-electron chi connectivity index (χ0n) is 12.1. The number of aromatic nitrogens is 2. The number of aromatic amines is 1. The summed E-state index contributed by atoms with van der Waals surface area (Å²) in [5.74, 6) is 1.37. The van der Waals surface area contributed by atoms with Gasteiger partial charge in [0.1, 0.15) is 12.4 Å². The molecule has 0 bridgehead atoms. The zero-order valence-corrected chi connectivity index (χ0v) is 12.1. The van der Waals surface area contributed by atoms with E-state index in [4.69, 9.17) is 0 Å². The van der Waals surface area contributed by atoms with Crippen molar-refractivity contribution in [2.75, 3.05) is 0 Å². The molecule has 0 saturated heterocycles. The molecule has 1 aromatic heterocycles. The van der Waals surface area contributed by atoms with Gasteiger partial charge < -0.3 is 0 Å². The molecule has 103 valence electrons. The Bertz CT molecular complexity index is 291. The molecule has 1 heterocycles. The molecule has 0 atom stereocenters. The number of unbranched alkanes of at least 4 members (excludes halogenated alkanes) is 7. The van der Waals surface area contributed by atoms with Crippen molar-refractivity contribution in [3.63, 3.8) is 0 Å². The van der Waals surface area contributed by atoms with Gasteiger partial charge in [-0.2, -0.15) is 0 Å². The van der Waals surface area contributed by atoms with Gasteiger partial charge in [0.2, 0.25) is 0 Å². The molecule has 0 aliphatic carbocycles. The number of hydrogen-bond donors (Lipinski definition) is 1. The van der Waals surface area contributed by atoms with Gasteiger partial charge in [-0.1, -0.05) is 51.9 Å². The Balaban J connectivity index is 2.01. The highest BCUT2D eigenvalue weighted by Gasteiger charge is 2.08. The molecule has 0 aromatic carbocycles. The molecule has 0 unspecified atom stereocenters. The molecule has 0 aliphatic rings. The van der Waals surface area contributed by atoms with Crippen molar-refractivity contribution in [3.8, 4) is 0 Å². The van der Waals surface area contributed by atoms with Crippen molar-refractivity contribution in [1.29, 1.82) is 0 Å².